The fourth-order valence-corrected chi connectivity index (χ4v) is 3.01. The van der Waals surface area contributed by atoms with Crippen molar-refractivity contribution in [1.29, 1.82) is 0 Å². The molecular formula is C17H22ClN3O. The monoisotopic (exact) mass is 319 g/mol. The van der Waals surface area contributed by atoms with E-state index in [4.69, 9.17) is 16.3 Å². The van der Waals surface area contributed by atoms with E-state index in [1.807, 2.05) is 29.1 Å². The van der Waals surface area contributed by atoms with Gasteiger partial charge in [0.2, 0.25) is 0 Å². The van der Waals surface area contributed by atoms with Crippen LogP contribution in [0.2, 0.25) is 5.02 Å². The summed E-state index contributed by atoms with van der Waals surface area (Å²) in [4.78, 5) is 2.46. The van der Waals surface area contributed by atoms with E-state index >= 15 is 0 Å². The molecule has 0 N–H and O–H groups in total. The summed E-state index contributed by atoms with van der Waals surface area (Å²) in [5.74, 6) is 0. The zero-order valence-corrected chi connectivity index (χ0v) is 13.7. The molecule has 22 heavy (non-hydrogen) atoms. The van der Waals surface area contributed by atoms with Gasteiger partial charge in [0, 0.05) is 37.4 Å². The minimum Gasteiger partial charge on any atom is -0.371 e. The highest BCUT2D eigenvalue weighted by Gasteiger charge is 2.21. The standard InChI is InChI=1S/C17H22ClN3O/c1-2-21-12-14(11-19-21)6-7-20-8-9-22-17(13-20)15-4-3-5-16(18)10-15/h3-5,10-12,17H,2,6-9,13H2,1H3/t17-/m1/s1. The average Bonchev–Trinajstić information content (AvgIpc) is 3.01. The van der Waals surface area contributed by atoms with Crippen LogP contribution in [0.3, 0.4) is 0 Å². The Hall–Kier alpha value is -1.36. The molecule has 5 heteroatoms. The third-order valence-corrected chi connectivity index (χ3v) is 4.33. The van der Waals surface area contributed by atoms with Crippen LogP contribution in [0.1, 0.15) is 24.2 Å². The van der Waals surface area contributed by atoms with E-state index in [9.17, 15) is 0 Å². The quantitative estimate of drug-likeness (QED) is 0.848. The summed E-state index contributed by atoms with van der Waals surface area (Å²) >= 11 is 6.08. The van der Waals surface area contributed by atoms with Gasteiger partial charge in [0.25, 0.3) is 0 Å². The van der Waals surface area contributed by atoms with Crippen molar-refractivity contribution in [3.05, 3.63) is 52.8 Å². The Morgan fingerprint density at radius 1 is 1.41 bits per heavy atom. The van der Waals surface area contributed by atoms with Crippen LogP contribution in [-0.4, -0.2) is 40.9 Å². The lowest BCUT2D eigenvalue weighted by molar-refractivity contribution is -0.0295. The number of halogens is 1. The summed E-state index contributed by atoms with van der Waals surface area (Å²) < 4.78 is 7.88. The normalized spacial score (nSPS) is 19.5. The van der Waals surface area contributed by atoms with E-state index in [1.54, 1.807) is 0 Å². The molecule has 1 saturated heterocycles. The lowest BCUT2D eigenvalue weighted by Gasteiger charge is -2.33. The van der Waals surface area contributed by atoms with Crippen LogP contribution < -0.4 is 0 Å². The van der Waals surface area contributed by atoms with E-state index in [-0.39, 0.29) is 6.10 Å². The first-order chi connectivity index (χ1) is 10.7. The van der Waals surface area contributed by atoms with Gasteiger partial charge >= 0.3 is 0 Å². The topological polar surface area (TPSA) is 30.3 Å². The van der Waals surface area contributed by atoms with E-state index in [0.29, 0.717) is 0 Å². The molecule has 0 amide bonds. The molecule has 1 aliphatic heterocycles. The highest BCUT2D eigenvalue weighted by atomic mass is 35.5. The summed E-state index contributed by atoms with van der Waals surface area (Å²) in [6.45, 7) is 6.74. The van der Waals surface area contributed by atoms with E-state index in [0.717, 1.165) is 49.8 Å². The predicted molar refractivity (Wildman–Crippen MR) is 88.2 cm³/mol. The predicted octanol–water partition coefficient (Wildman–Crippen LogP) is 3.17. The number of hydrogen-bond acceptors (Lipinski definition) is 3. The van der Waals surface area contributed by atoms with Crippen molar-refractivity contribution in [2.45, 2.75) is 26.0 Å². The lowest BCUT2D eigenvalue weighted by atomic mass is 10.1. The Labute approximate surface area is 136 Å². The van der Waals surface area contributed by atoms with Gasteiger partial charge in [-0.15, -0.1) is 0 Å². The lowest BCUT2D eigenvalue weighted by Crippen LogP contribution is -2.39. The molecule has 1 atom stereocenters. The zero-order chi connectivity index (χ0) is 15.4. The Morgan fingerprint density at radius 2 is 2.32 bits per heavy atom. The molecule has 0 unspecified atom stereocenters. The number of nitrogens with zero attached hydrogens (tertiary/aromatic N) is 3. The fourth-order valence-electron chi connectivity index (χ4n) is 2.81. The fraction of sp³-hybridized carbons (Fsp3) is 0.471. The largest absolute Gasteiger partial charge is 0.371 e. The van der Waals surface area contributed by atoms with Crippen molar-refractivity contribution in [2.75, 3.05) is 26.2 Å². The molecule has 3 rings (SSSR count). The summed E-state index contributed by atoms with van der Waals surface area (Å²) in [5, 5.41) is 5.10. The molecule has 0 bridgehead atoms. The van der Waals surface area contributed by atoms with Crippen molar-refractivity contribution in [2.24, 2.45) is 0 Å². The molecule has 2 heterocycles. The van der Waals surface area contributed by atoms with E-state index in [1.165, 1.54) is 5.56 Å². The molecule has 118 valence electrons. The minimum atomic E-state index is 0.116. The Bertz CT molecular complexity index is 613. The molecule has 0 saturated carbocycles. The minimum absolute atomic E-state index is 0.116. The molecule has 1 aliphatic rings. The SMILES string of the molecule is CCn1cc(CCN2CCO[C@@H](c3cccc(Cl)c3)C2)cn1. The van der Waals surface area contributed by atoms with Crippen LogP contribution in [0.25, 0.3) is 0 Å². The number of morpholine rings is 1. The second-order valence-corrected chi connectivity index (χ2v) is 6.11. The van der Waals surface area contributed by atoms with Gasteiger partial charge in [0.15, 0.2) is 0 Å². The highest BCUT2D eigenvalue weighted by molar-refractivity contribution is 6.30. The maximum atomic E-state index is 6.08. The van der Waals surface area contributed by atoms with Crippen molar-refractivity contribution in [3.63, 3.8) is 0 Å². The summed E-state index contributed by atoms with van der Waals surface area (Å²) in [7, 11) is 0. The van der Waals surface area contributed by atoms with Crippen LogP contribution in [0.4, 0.5) is 0 Å². The third-order valence-electron chi connectivity index (χ3n) is 4.10. The van der Waals surface area contributed by atoms with Gasteiger partial charge in [-0.1, -0.05) is 23.7 Å². The van der Waals surface area contributed by atoms with Gasteiger partial charge in [-0.05, 0) is 36.6 Å². The van der Waals surface area contributed by atoms with Gasteiger partial charge in [-0.3, -0.25) is 9.58 Å². The van der Waals surface area contributed by atoms with Crippen LogP contribution >= 0.6 is 11.6 Å². The van der Waals surface area contributed by atoms with Crippen molar-refractivity contribution in [1.82, 2.24) is 14.7 Å². The van der Waals surface area contributed by atoms with Gasteiger partial charge in [-0.2, -0.15) is 5.10 Å². The first kappa shape index (κ1) is 15.5. The maximum Gasteiger partial charge on any atom is 0.0952 e. The van der Waals surface area contributed by atoms with Crippen LogP contribution in [0, 0.1) is 0 Å². The van der Waals surface area contributed by atoms with Crippen LogP contribution in [0.15, 0.2) is 36.7 Å². The first-order valence-electron chi connectivity index (χ1n) is 7.85. The van der Waals surface area contributed by atoms with Gasteiger partial charge < -0.3 is 4.74 Å². The maximum absolute atomic E-state index is 6.08. The van der Waals surface area contributed by atoms with Crippen molar-refractivity contribution in [3.8, 4) is 0 Å². The second-order valence-electron chi connectivity index (χ2n) is 5.67. The number of aromatic nitrogens is 2. The number of benzene rings is 1. The third kappa shape index (κ3) is 3.88. The zero-order valence-electron chi connectivity index (χ0n) is 12.9. The van der Waals surface area contributed by atoms with Crippen LogP contribution in [-0.2, 0) is 17.7 Å². The summed E-state index contributed by atoms with van der Waals surface area (Å²) in [6.07, 6.45) is 5.25. The number of ether oxygens (including phenoxy) is 1. The Kier molecular flexibility index (Phi) is 5.13. The number of hydrogen-bond donors (Lipinski definition) is 0. The van der Waals surface area contributed by atoms with Crippen molar-refractivity contribution < 1.29 is 4.74 Å². The van der Waals surface area contributed by atoms with Crippen molar-refractivity contribution >= 4 is 11.6 Å². The highest BCUT2D eigenvalue weighted by Crippen LogP contribution is 2.24. The average molecular weight is 320 g/mol. The molecule has 2 aromatic rings. The molecule has 0 aliphatic carbocycles. The molecule has 1 fully saturated rings. The van der Waals surface area contributed by atoms with Gasteiger partial charge in [0.05, 0.1) is 18.9 Å². The Balaban J connectivity index is 1.56. The molecule has 0 radical (unpaired) electrons. The molecule has 1 aromatic carbocycles. The molecule has 0 spiro atoms. The smallest absolute Gasteiger partial charge is 0.0952 e. The summed E-state index contributed by atoms with van der Waals surface area (Å²) in [5.41, 5.74) is 2.46. The van der Waals surface area contributed by atoms with Crippen LogP contribution in [0.5, 0.6) is 0 Å². The molecule has 1 aromatic heterocycles. The van der Waals surface area contributed by atoms with Gasteiger partial charge in [0.1, 0.15) is 0 Å². The summed E-state index contributed by atoms with van der Waals surface area (Å²) in [6, 6.07) is 7.97. The molecule has 4 nitrogen and oxygen atoms in total. The second kappa shape index (κ2) is 7.27. The first-order valence-corrected chi connectivity index (χ1v) is 8.23. The number of aryl methyl sites for hydroxylation is 1. The molecular weight excluding hydrogens is 298 g/mol. The van der Waals surface area contributed by atoms with Gasteiger partial charge in [-0.25, -0.2) is 0 Å². The van der Waals surface area contributed by atoms with E-state index < -0.39 is 0 Å². The van der Waals surface area contributed by atoms with E-state index in [2.05, 4.69) is 29.2 Å². The Morgan fingerprint density at radius 3 is 3.09 bits per heavy atom. The number of rotatable bonds is 5.